The first-order chi connectivity index (χ1) is 25.2. The van der Waals surface area contributed by atoms with Gasteiger partial charge in [-0.3, -0.25) is 5.32 Å². The van der Waals surface area contributed by atoms with Gasteiger partial charge in [-0.25, -0.2) is 4.99 Å². The van der Waals surface area contributed by atoms with Crippen LogP contribution in [0.4, 0.5) is 0 Å². The number of para-hydroxylation sites is 1. The molecule has 242 valence electrons. The number of nitrogens with zero attached hydrogens (tertiary/aromatic N) is 1. The Morgan fingerprint density at radius 2 is 1.22 bits per heavy atom. The van der Waals surface area contributed by atoms with E-state index in [0.29, 0.717) is 0 Å². The third-order valence-electron chi connectivity index (χ3n) is 10.2. The van der Waals surface area contributed by atoms with E-state index < -0.39 is 0 Å². The molecule has 0 aliphatic carbocycles. The molecule has 0 saturated heterocycles. The van der Waals surface area contributed by atoms with Crippen LogP contribution >= 0.6 is 22.7 Å². The fourth-order valence-corrected chi connectivity index (χ4v) is 10.0. The number of thiophene rings is 2. The van der Waals surface area contributed by atoms with Crippen molar-refractivity contribution in [2.24, 2.45) is 4.99 Å². The minimum atomic E-state index is -0.215. The van der Waals surface area contributed by atoms with Crippen LogP contribution in [0.2, 0.25) is 0 Å². The Morgan fingerprint density at radius 3 is 2.08 bits per heavy atom. The highest BCUT2D eigenvalue weighted by Gasteiger charge is 2.27. The zero-order valence-electron chi connectivity index (χ0n) is 27.3. The van der Waals surface area contributed by atoms with Crippen molar-refractivity contribution in [3.05, 3.63) is 168 Å². The highest BCUT2D eigenvalue weighted by atomic mass is 32.1. The molecule has 3 aromatic heterocycles. The van der Waals surface area contributed by atoms with Gasteiger partial charge in [0.25, 0.3) is 0 Å². The lowest BCUT2D eigenvalue weighted by Gasteiger charge is -2.32. The van der Waals surface area contributed by atoms with Gasteiger partial charge in [-0.1, -0.05) is 109 Å². The van der Waals surface area contributed by atoms with E-state index >= 15 is 0 Å². The molecule has 51 heavy (non-hydrogen) atoms. The van der Waals surface area contributed by atoms with Gasteiger partial charge in [-0.15, -0.1) is 22.7 Å². The van der Waals surface area contributed by atoms with Gasteiger partial charge in [-0.05, 0) is 53.6 Å². The highest BCUT2D eigenvalue weighted by Crippen LogP contribution is 2.44. The number of nitrogens with one attached hydrogen (secondary N) is 2. The molecule has 6 heteroatoms. The second-order valence-corrected chi connectivity index (χ2v) is 15.3. The summed E-state index contributed by atoms with van der Waals surface area (Å²) in [5.41, 5.74) is 7.44. The summed E-state index contributed by atoms with van der Waals surface area (Å²) in [5, 5.41) is 14.9. The summed E-state index contributed by atoms with van der Waals surface area (Å²) in [6.07, 6.45) is -0.394. The van der Waals surface area contributed by atoms with E-state index in [0.717, 1.165) is 50.0 Å². The Balaban J connectivity index is 1.02. The molecular formula is C45H29N3OS2. The summed E-state index contributed by atoms with van der Waals surface area (Å²) in [6, 6.07) is 54.2. The van der Waals surface area contributed by atoms with Crippen LogP contribution in [0.1, 0.15) is 29.0 Å². The number of hydrogen-bond donors (Lipinski definition) is 2. The average molecular weight is 692 g/mol. The standard InChI is InChI=1S/C45H29N3OS2/c1-2-10-26(11-3-1)43-46-44(48-45(47-43)28-21-23-40-36(25-28)30-13-5-6-18-38(30)50-40)27-20-22-37-35(24-27)32-15-8-14-31(41(32)49-37)34-17-9-16-33-29-12-4-7-19-39(29)51-42(33)34/h1-25,43-44,46H,(H,47,48). The number of fused-ring (bicyclic) bond motifs is 9. The number of amidine groups is 1. The molecule has 0 bridgehead atoms. The van der Waals surface area contributed by atoms with E-state index in [-0.39, 0.29) is 12.3 Å². The maximum Gasteiger partial charge on any atom is 0.143 e. The first-order valence-corrected chi connectivity index (χ1v) is 18.8. The van der Waals surface area contributed by atoms with E-state index in [1.807, 2.05) is 22.7 Å². The first kappa shape index (κ1) is 29.0. The molecule has 4 nitrogen and oxygen atoms in total. The summed E-state index contributed by atoms with van der Waals surface area (Å²) in [7, 11) is 0. The van der Waals surface area contributed by atoms with E-state index in [1.165, 1.54) is 45.9 Å². The van der Waals surface area contributed by atoms with Crippen molar-refractivity contribution in [1.29, 1.82) is 0 Å². The second-order valence-electron chi connectivity index (χ2n) is 13.2. The van der Waals surface area contributed by atoms with Crippen LogP contribution in [0.5, 0.6) is 0 Å². The Morgan fingerprint density at radius 1 is 0.510 bits per heavy atom. The van der Waals surface area contributed by atoms with Crippen LogP contribution < -0.4 is 10.6 Å². The Bertz CT molecular complexity index is 3010. The van der Waals surface area contributed by atoms with Crippen LogP contribution in [-0.2, 0) is 0 Å². The SMILES string of the molecule is c1ccc(C2N=C(c3ccc4sc5ccccc5c4c3)NC(c3ccc4oc5c(-c6cccc7c6sc6ccccc67)cccc5c4c3)N2)cc1. The van der Waals surface area contributed by atoms with Crippen molar-refractivity contribution in [2.75, 3.05) is 0 Å². The number of aliphatic imine (C=N–C) groups is 1. The molecule has 4 heterocycles. The predicted molar refractivity (Wildman–Crippen MR) is 216 cm³/mol. The van der Waals surface area contributed by atoms with Crippen LogP contribution in [0.15, 0.2) is 161 Å². The van der Waals surface area contributed by atoms with Gasteiger partial charge in [0, 0.05) is 67.8 Å². The van der Waals surface area contributed by atoms with Gasteiger partial charge >= 0.3 is 0 Å². The topological polar surface area (TPSA) is 49.6 Å². The van der Waals surface area contributed by atoms with Gasteiger partial charge in [0.15, 0.2) is 0 Å². The van der Waals surface area contributed by atoms with Crippen LogP contribution in [0, 0.1) is 0 Å². The minimum Gasteiger partial charge on any atom is -0.455 e. The largest absolute Gasteiger partial charge is 0.455 e. The molecule has 0 fully saturated rings. The second kappa shape index (κ2) is 11.4. The lowest BCUT2D eigenvalue weighted by molar-refractivity contribution is 0.409. The zero-order chi connectivity index (χ0) is 33.5. The smallest absolute Gasteiger partial charge is 0.143 e. The van der Waals surface area contributed by atoms with Crippen molar-refractivity contribution in [2.45, 2.75) is 12.3 Å². The van der Waals surface area contributed by atoms with Crippen LogP contribution in [0.3, 0.4) is 0 Å². The molecule has 1 aliphatic heterocycles. The molecule has 0 radical (unpaired) electrons. The summed E-state index contributed by atoms with van der Waals surface area (Å²) in [4.78, 5) is 5.24. The van der Waals surface area contributed by atoms with Crippen LogP contribution in [-0.4, -0.2) is 5.84 Å². The average Bonchev–Trinajstić information content (AvgIpc) is 3.89. The third-order valence-corrected chi connectivity index (χ3v) is 12.5. The van der Waals surface area contributed by atoms with E-state index in [1.54, 1.807) is 0 Å². The maximum atomic E-state index is 6.69. The summed E-state index contributed by atoms with van der Waals surface area (Å²) < 4.78 is 11.9. The molecule has 11 rings (SSSR count). The van der Waals surface area contributed by atoms with Crippen molar-refractivity contribution in [3.63, 3.8) is 0 Å². The summed E-state index contributed by atoms with van der Waals surface area (Å²) in [5.74, 6) is 0.876. The molecule has 2 N–H and O–H groups in total. The van der Waals surface area contributed by atoms with E-state index in [2.05, 4.69) is 162 Å². The number of hydrogen-bond acceptors (Lipinski definition) is 6. The van der Waals surface area contributed by atoms with Crippen LogP contribution in [0.25, 0.3) is 73.4 Å². The van der Waals surface area contributed by atoms with Gasteiger partial charge < -0.3 is 9.73 Å². The fraction of sp³-hybridized carbons (Fsp3) is 0.0444. The normalized spacial score (nSPS) is 16.4. The number of benzene rings is 7. The fourth-order valence-electron chi connectivity index (χ4n) is 7.72. The Hall–Kier alpha value is -5.79. The molecule has 0 spiro atoms. The van der Waals surface area contributed by atoms with E-state index in [9.17, 15) is 0 Å². The quantitative estimate of drug-likeness (QED) is 0.193. The molecule has 2 atom stereocenters. The predicted octanol–water partition coefficient (Wildman–Crippen LogP) is 12.3. The minimum absolute atomic E-state index is 0.178. The zero-order valence-corrected chi connectivity index (χ0v) is 28.9. The van der Waals surface area contributed by atoms with Crippen molar-refractivity contribution in [1.82, 2.24) is 10.6 Å². The Kier molecular flexibility index (Phi) is 6.46. The summed E-state index contributed by atoms with van der Waals surface area (Å²) >= 11 is 3.68. The first-order valence-electron chi connectivity index (χ1n) is 17.2. The molecule has 2 unspecified atom stereocenters. The molecular weight excluding hydrogens is 663 g/mol. The number of rotatable bonds is 4. The highest BCUT2D eigenvalue weighted by molar-refractivity contribution is 7.26. The van der Waals surface area contributed by atoms with Crippen molar-refractivity contribution < 1.29 is 4.42 Å². The van der Waals surface area contributed by atoms with Gasteiger partial charge in [-0.2, -0.15) is 0 Å². The molecule has 7 aromatic carbocycles. The lowest BCUT2D eigenvalue weighted by Crippen LogP contribution is -2.44. The van der Waals surface area contributed by atoms with Crippen molar-refractivity contribution >= 4 is 90.8 Å². The van der Waals surface area contributed by atoms with Gasteiger partial charge in [0.2, 0.25) is 0 Å². The lowest BCUT2D eigenvalue weighted by atomic mass is 9.99. The third kappa shape index (κ3) is 4.65. The van der Waals surface area contributed by atoms with Gasteiger partial charge in [0.05, 0.1) is 0 Å². The van der Waals surface area contributed by atoms with Crippen molar-refractivity contribution in [3.8, 4) is 11.1 Å². The Labute approximate surface area is 301 Å². The van der Waals surface area contributed by atoms with E-state index in [4.69, 9.17) is 9.41 Å². The molecule has 0 saturated carbocycles. The number of furan rings is 1. The maximum absolute atomic E-state index is 6.69. The molecule has 10 aromatic rings. The van der Waals surface area contributed by atoms with Gasteiger partial charge in [0.1, 0.15) is 29.3 Å². The molecule has 0 amide bonds. The molecule has 1 aliphatic rings. The monoisotopic (exact) mass is 691 g/mol. The summed E-state index contributed by atoms with van der Waals surface area (Å²) in [6.45, 7) is 0.